The van der Waals surface area contributed by atoms with Crippen molar-refractivity contribution in [1.82, 2.24) is 4.31 Å². The molecule has 0 saturated carbocycles. The lowest BCUT2D eigenvalue weighted by Gasteiger charge is -2.18. The zero-order chi connectivity index (χ0) is 28.9. The fourth-order valence-corrected chi connectivity index (χ4v) is 5.28. The van der Waals surface area contributed by atoms with Gasteiger partial charge in [-0.3, -0.25) is 9.59 Å². The number of halogens is 4. The van der Waals surface area contributed by atoms with E-state index in [4.69, 9.17) is 44.8 Å². The van der Waals surface area contributed by atoms with Crippen LogP contribution < -0.4 is 10.1 Å². The van der Waals surface area contributed by atoms with Crippen LogP contribution in [-0.2, 0) is 26.0 Å². The SMILES string of the molecule is CCCC(=O)N(C)S(=O)(=O)c1ccc(NC(=O)Cc2ccc(Cl)c(Oc3cc(Cl)cc(C#N)c3)c2F)c(Cl)c1. The Kier molecular flexibility index (Phi) is 9.80. The van der Waals surface area contributed by atoms with Gasteiger partial charge in [-0.2, -0.15) is 5.26 Å². The van der Waals surface area contributed by atoms with E-state index >= 15 is 4.39 Å². The van der Waals surface area contributed by atoms with Gasteiger partial charge in [0, 0.05) is 24.1 Å². The molecule has 0 bridgehead atoms. The van der Waals surface area contributed by atoms with Crippen molar-refractivity contribution < 1.29 is 27.1 Å². The predicted octanol–water partition coefficient (Wildman–Crippen LogP) is 6.58. The molecule has 0 fully saturated rings. The molecule has 0 radical (unpaired) electrons. The molecule has 0 aliphatic rings. The van der Waals surface area contributed by atoms with Gasteiger partial charge in [-0.25, -0.2) is 17.1 Å². The smallest absolute Gasteiger partial charge is 0.266 e. The van der Waals surface area contributed by atoms with E-state index in [0.717, 1.165) is 13.1 Å². The number of carbonyl (C=O) groups is 2. The molecule has 0 aliphatic heterocycles. The number of rotatable bonds is 9. The van der Waals surface area contributed by atoms with Crippen LogP contribution in [0, 0.1) is 17.1 Å². The van der Waals surface area contributed by atoms with Crippen LogP contribution >= 0.6 is 34.8 Å². The molecule has 3 rings (SSSR count). The van der Waals surface area contributed by atoms with E-state index in [1.165, 1.54) is 42.5 Å². The molecular weight excluding hydrogens is 592 g/mol. The second-order valence-corrected chi connectivity index (χ2v) is 11.4. The lowest BCUT2D eigenvalue weighted by Crippen LogP contribution is -2.33. The average Bonchev–Trinajstić information content (AvgIpc) is 2.88. The minimum absolute atomic E-state index is 0.0548. The number of nitriles is 1. The summed E-state index contributed by atoms with van der Waals surface area (Å²) < 4.78 is 46.9. The second-order valence-electron chi connectivity index (χ2n) is 8.22. The lowest BCUT2D eigenvalue weighted by molar-refractivity contribution is -0.125. The highest BCUT2D eigenvalue weighted by atomic mass is 35.5. The highest BCUT2D eigenvalue weighted by Crippen LogP contribution is 2.35. The fourth-order valence-electron chi connectivity index (χ4n) is 3.40. The van der Waals surface area contributed by atoms with Crippen molar-refractivity contribution in [3.8, 4) is 17.6 Å². The van der Waals surface area contributed by atoms with E-state index in [0.29, 0.717) is 10.7 Å². The third kappa shape index (κ3) is 7.19. The molecule has 0 heterocycles. The molecule has 2 amide bonds. The fraction of sp³-hybridized carbons (Fsp3) is 0.192. The standard InChI is InChI=1S/C26H21Cl3FN3O5S/c1-3-4-24(35)33(2)39(36,37)19-6-8-22(21(29)13-19)32-23(34)11-16-5-7-20(28)26(25(16)30)38-18-10-15(14-31)9-17(27)12-18/h5-10,12-13H,3-4,11H2,1-2H3,(H,32,34). The van der Waals surface area contributed by atoms with Crippen molar-refractivity contribution >= 4 is 62.3 Å². The topological polar surface area (TPSA) is 117 Å². The number of nitrogens with one attached hydrogen (secondary N) is 1. The zero-order valence-corrected chi connectivity index (χ0v) is 23.7. The number of carbonyl (C=O) groups excluding carboxylic acids is 2. The highest BCUT2D eigenvalue weighted by molar-refractivity contribution is 7.89. The summed E-state index contributed by atoms with van der Waals surface area (Å²) >= 11 is 18.3. The van der Waals surface area contributed by atoms with Crippen LogP contribution in [-0.4, -0.2) is 31.6 Å². The molecule has 0 unspecified atom stereocenters. The quantitative estimate of drug-likeness (QED) is 0.292. The first-order chi connectivity index (χ1) is 18.4. The molecule has 0 aromatic heterocycles. The van der Waals surface area contributed by atoms with Crippen LogP contribution in [0.2, 0.25) is 15.1 Å². The normalized spacial score (nSPS) is 11.0. The molecule has 204 valence electrons. The average molecular weight is 613 g/mol. The number of sulfonamides is 1. The van der Waals surface area contributed by atoms with E-state index in [9.17, 15) is 18.0 Å². The van der Waals surface area contributed by atoms with Crippen molar-refractivity contribution in [3.05, 3.63) is 80.5 Å². The van der Waals surface area contributed by atoms with Gasteiger partial charge in [-0.1, -0.05) is 47.8 Å². The van der Waals surface area contributed by atoms with Gasteiger partial charge in [0.25, 0.3) is 10.0 Å². The Bertz CT molecular complexity index is 1590. The van der Waals surface area contributed by atoms with Crippen molar-refractivity contribution in [3.63, 3.8) is 0 Å². The van der Waals surface area contributed by atoms with Crippen molar-refractivity contribution in [2.24, 2.45) is 0 Å². The van der Waals surface area contributed by atoms with Gasteiger partial charge in [-0.15, -0.1) is 0 Å². The molecular formula is C26H21Cl3FN3O5S. The second kappa shape index (κ2) is 12.7. The summed E-state index contributed by atoms with van der Waals surface area (Å²) in [7, 11) is -2.98. The largest absolute Gasteiger partial charge is 0.453 e. The Morgan fingerprint density at radius 2 is 1.79 bits per heavy atom. The molecule has 0 saturated heterocycles. The van der Waals surface area contributed by atoms with Gasteiger partial charge in [0.2, 0.25) is 11.8 Å². The first kappa shape index (κ1) is 30.2. The maximum absolute atomic E-state index is 15.2. The van der Waals surface area contributed by atoms with Crippen molar-refractivity contribution in [1.29, 1.82) is 5.26 Å². The minimum atomic E-state index is -4.14. The maximum Gasteiger partial charge on any atom is 0.266 e. The van der Waals surface area contributed by atoms with Crippen LogP contribution in [0.3, 0.4) is 0 Å². The molecule has 39 heavy (non-hydrogen) atoms. The minimum Gasteiger partial charge on any atom is -0.453 e. The number of benzene rings is 3. The molecule has 3 aromatic carbocycles. The molecule has 8 nitrogen and oxygen atoms in total. The zero-order valence-electron chi connectivity index (χ0n) is 20.6. The van der Waals surface area contributed by atoms with Crippen LogP contribution in [0.1, 0.15) is 30.9 Å². The number of amides is 2. The molecule has 13 heteroatoms. The van der Waals surface area contributed by atoms with E-state index in [-0.39, 0.29) is 54.7 Å². The van der Waals surface area contributed by atoms with Crippen LogP contribution in [0.15, 0.2) is 53.4 Å². The predicted molar refractivity (Wildman–Crippen MR) is 146 cm³/mol. The monoisotopic (exact) mass is 611 g/mol. The van der Waals surface area contributed by atoms with Crippen LogP contribution in [0.5, 0.6) is 11.5 Å². The van der Waals surface area contributed by atoms with Gasteiger partial charge in [-0.05, 0) is 48.9 Å². The summed E-state index contributed by atoms with van der Waals surface area (Å²) in [6.45, 7) is 1.75. The first-order valence-electron chi connectivity index (χ1n) is 11.3. The van der Waals surface area contributed by atoms with E-state index in [2.05, 4.69) is 5.32 Å². The summed E-state index contributed by atoms with van der Waals surface area (Å²) in [5.74, 6) is -2.42. The van der Waals surface area contributed by atoms with E-state index in [1.54, 1.807) is 6.92 Å². The summed E-state index contributed by atoms with van der Waals surface area (Å²) in [6, 6.07) is 12.3. The van der Waals surface area contributed by atoms with Crippen LogP contribution in [0.25, 0.3) is 0 Å². The summed E-state index contributed by atoms with van der Waals surface area (Å²) in [4.78, 5) is 24.5. The van der Waals surface area contributed by atoms with Crippen LogP contribution in [0.4, 0.5) is 10.1 Å². The van der Waals surface area contributed by atoms with Gasteiger partial charge in [0.15, 0.2) is 11.6 Å². The first-order valence-corrected chi connectivity index (χ1v) is 13.9. The van der Waals surface area contributed by atoms with Gasteiger partial charge in [0.1, 0.15) is 5.75 Å². The Balaban J connectivity index is 1.78. The summed E-state index contributed by atoms with van der Waals surface area (Å²) in [6.07, 6.45) is 0.101. The molecule has 3 aromatic rings. The maximum atomic E-state index is 15.2. The molecule has 0 aliphatic carbocycles. The van der Waals surface area contributed by atoms with Gasteiger partial charge in [0.05, 0.1) is 38.7 Å². The summed E-state index contributed by atoms with van der Waals surface area (Å²) in [5.41, 5.74) is 0.220. The highest BCUT2D eigenvalue weighted by Gasteiger charge is 2.26. The van der Waals surface area contributed by atoms with Gasteiger partial charge < -0.3 is 10.1 Å². The number of nitrogens with zero attached hydrogens (tertiary/aromatic N) is 2. The summed E-state index contributed by atoms with van der Waals surface area (Å²) in [5, 5.41) is 11.6. The van der Waals surface area contributed by atoms with E-state index in [1.807, 2.05) is 6.07 Å². The lowest BCUT2D eigenvalue weighted by atomic mass is 10.1. The number of ether oxygens (including phenoxy) is 1. The Labute approximate surface area is 239 Å². The van der Waals surface area contributed by atoms with Crippen molar-refractivity contribution in [2.75, 3.05) is 12.4 Å². The Morgan fingerprint density at radius 1 is 1.08 bits per heavy atom. The third-order valence-electron chi connectivity index (χ3n) is 5.39. The molecule has 0 spiro atoms. The number of hydrogen-bond acceptors (Lipinski definition) is 6. The Morgan fingerprint density at radius 3 is 2.44 bits per heavy atom. The van der Waals surface area contributed by atoms with Gasteiger partial charge >= 0.3 is 0 Å². The third-order valence-corrected chi connectivity index (χ3v) is 7.99. The molecule has 1 N–H and O–H groups in total. The number of anilines is 1. The van der Waals surface area contributed by atoms with Crippen molar-refractivity contribution in [2.45, 2.75) is 31.1 Å². The van der Waals surface area contributed by atoms with E-state index < -0.39 is 34.1 Å². The Hall–Kier alpha value is -3.36. The number of hydrogen-bond donors (Lipinski definition) is 1. The molecule has 0 atom stereocenters.